The molecule has 102 valence electrons. The second-order valence-corrected chi connectivity index (χ2v) is 6.02. The molecule has 2 N–H and O–H groups in total. The van der Waals surface area contributed by atoms with Gasteiger partial charge in [-0.2, -0.15) is 0 Å². The highest BCUT2D eigenvalue weighted by Crippen LogP contribution is 2.11. The summed E-state index contributed by atoms with van der Waals surface area (Å²) in [7, 11) is -1.40. The minimum Gasteiger partial charge on any atom is -0.320 e. The second-order valence-electron chi connectivity index (χ2n) is 4.25. The van der Waals surface area contributed by atoms with Crippen LogP contribution in [0.3, 0.4) is 0 Å². The van der Waals surface area contributed by atoms with Gasteiger partial charge in [0.25, 0.3) is 0 Å². The lowest BCUT2D eigenvalue weighted by atomic mass is 10.1. The average molecular weight is 270 g/mol. The van der Waals surface area contributed by atoms with Gasteiger partial charge >= 0.3 is 0 Å². The number of hydrogen-bond donors (Lipinski definition) is 2. The van der Waals surface area contributed by atoms with E-state index in [0.29, 0.717) is 11.4 Å². The predicted octanol–water partition coefficient (Wildman–Crippen LogP) is 1.53. The van der Waals surface area contributed by atoms with Gasteiger partial charge in [0.05, 0.1) is 4.90 Å². The number of rotatable bonds is 8. The average Bonchev–Trinajstić information content (AvgIpc) is 2.37. The number of hydrogen-bond acceptors (Lipinski definition) is 3. The normalized spacial score (nSPS) is 11.7. The quantitative estimate of drug-likeness (QED) is 0.704. The maximum absolute atomic E-state index is 11.8. The van der Waals surface area contributed by atoms with Crippen molar-refractivity contribution in [3.8, 4) is 0 Å². The lowest BCUT2D eigenvalue weighted by Crippen LogP contribution is -2.24. The van der Waals surface area contributed by atoms with Gasteiger partial charge in [0.2, 0.25) is 10.0 Å². The van der Waals surface area contributed by atoms with Crippen LogP contribution in [-0.2, 0) is 16.4 Å². The van der Waals surface area contributed by atoms with E-state index in [1.165, 1.54) is 5.56 Å². The van der Waals surface area contributed by atoms with Crippen molar-refractivity contribution < 1.29 is 8.42 Å². The molecule has 0 spiro atoms. The van der Waals surface area contributed by atoms with Gasteiger partial charge in [0, 0.05) is 6.54 Å². The third-order valence-corrected chi connectivity index (χ3v) is 4.14. The summed E-state index contributed by atoms with van der Waals surface area (Å²) in [4.78, 5) is 0.341. The Morgan fingerprint density at radius 2 is 1.78 bits per heavy atom. The molecule has 0 aromatic heterocycles. The molecule has 1 aromatic rings. The smallest absolute Gasteiger partial charge is 0.240 e. The third-order valence-electron chi connectivity index (χ3n) is 2.67. The highest BCUT2D eigenvalue weighted by molar-refractivity contribution is 7.89. The minimum atomic E-state index is -3.33. The first-order valence-corrected chi connectivity index (χ1v) is 7.81. The van der Waals surface area contributed by atoms with Crippen LogP contribution < -0.4 is 10.0 Å². The molecule has 18 heavy (non-hydrogen) atoms. The van der Waals surface area contributed by atoms with Crippen LogP contribution in [0.15, 0.2) is 29.2 Å². The van der Waals surface area contributed by atoms with Crippen LogP contribution in [0.4, 0.5) is 0 Å². The van der Waals surface area contributed by atoms with Crippen LogP contribution in [0.5, 0.6) is 0 Å². The van der Waals surface area contributed by atoms with Crippen molar-refractivity contribution in [1.82, 2.24) is 10.0 Å². The van der Waals surface area contributed by atoms with Gasteiger partial charge in [0.1, 0.15) is 0 Å². The van der Waals surface area contributed by atoms with Crippen molar-refractivity contribution in [1.29, 1.82) is 0 Å². The minimum absolute atomic E-state index is 0.341. The third kappa shape index (κ3) is 4.76. The van der Waals surface area contributed by atoms with E-state index in [-0.39, 0.29) is 0 Å². The molecule has 0 fully saturated rings. The van der Waals surface area contributed by atoms with Crippen molar-refractivity contribution in [2.24, 2.45) is 0 Å². The van der Waals surface area contributed by atoms with Gasteiger partial charge in [-0.25, -0.2) is 13.1 Å². The number of benzene rings is 1. The summed E-state index contributed by atoms with van der Waals surface area (Å²) in [6.07, 6.45) is 2.81. The van der Waals surface area contributed by atoms with Gasteiger partial charge in [-0.15, -0.1) is 0 Å². The molecule has 0 aliphatic heterocycles. The van der Waals surface area contributed by atoms with Gasteiger partial charge < -0.3 is 5.32 Å². The molecule has 0 aliphatic rings. The summed E-state index contributed by atoms with van der Waals surface area (Å²) in [5, 5.41) is 3.09. The Hall–Kier alpha value is -0.910. The zero-order valence-corrected chi connectivity index (χ0v) is 11.9. The largest absolute Gasteiger partial charge is 0.320 e. The van der Waals surface area contributed by atoms with Gasteiger partial charge in [0.15, 0.2) is 0 Å². The van der Waals surface area contributed by atoms with E-state index in [1.54, 1.807) is 12.1 Å². The zero-order valence-electron chi connectivity index (χ0n) is 11.1. The predicted molar refractivity (Wildman–Crippen MR) is 74.2 cm³/mol. The van der Waals surface area contributed by atoms with Gasteiger partial charge in [-0.1, -0.05) is 19.1 Å². The molecule has 0 radical (unpaired) electrons. The Morgan fingerprint density at radius 3 is 2.33 bits per heavy atom. The fraction of sp³-hybridized carbons (Fsp3) is 0.538. The first kappa shape index (κ1) is 15.1. The maximum atomic E-state index is 11.8. The molecule has 0 bridgehead atoms. The summed E-state index contributed by atoms with van der Waals surface area (Å²) in [6.45, 7) is 3.39. The van der Waals surface area contributed by atoms with Crippen LogP contribution in [0, 0.1) is 0 Å². The highest BCUT2D eigenvalue weighted by Gasteiger charge is 2.12. The highest BCUT2D eigenvalue weighted by atomic mass is 32.2. The van der Waals surface area contributed by atoms with Crippen LogP contribution in [0.25, 0.3) is 0 Å². The van der Waals surface area contributed by atoms with E-state index >= 15 is 0 Å². The van der Waals surface area contributed by atoms with E-state index in [2.05, 4.69) is 10.0 Å². The molecule has 0 unspecified atom stereocenters. The molecular weight excluding hydrogens is 248 g/mol. The Bertz CT molecular complexity index is 441. The number of aryl methyl sites for hydroxylation is 1. The molecular formula is C13H22N2O2S. The van der Waals surface area contributed by atoms with Gasteiger partial charge in [-0.05, 0) is 50.6 Å². The molecule has 4 nitrogen and oxygen atoms in total. The number of sulfonamides is 1. The van der Waals surface area contributed by atoms with E-state index in [1.807, 2.05) is 26.1 Å². The first-order valence-electron chi connectivity index (χ1n) is 6.33. The zero-order chi connectivity index (χ0) is 13.4. The Balaban J connectivity index is 2.64. The van der Waals surface area contributed by atoms with E-state index < -0.39 is 10.0 Å². The lowest BCUT2D eigenvalue weighted by Gasteiger charge is -2.06. The first-order chi connectivity index (χ1) is 8.60. The van der Waals surface area contributed by atoms with Crippen molar-refractivity contribution in [2.75, 3.05) is 20.1 Å². The van der Waals surface area contributed by atoms with Crippen molar-refractivity contribution in [3.05, 3.63) is 29.8 Å². The number of nitrogens with one attached hydrogen (secondary N) is 2. The molecule has 0 heterocycles. The van der Waals surface area contributed by atoms with E-state index in [0.717, 1.165) is 25.8 Å². The lowest BCUT2D eigenvalue weighted by molar-refractivity contribution is 0.581. The Kier molecular flexibility index (Phi) is 6.32. The summed E-state index contributed by atoms with van der Waals surface area (Å²) in [6, 6.07) is 7.12. The Morgan fingerprint density at radius 1 is 1.11 bits per heavy atom. The molecule has 0 saturated heterocycles. The van der Waals surface area contributed by atoms with Gasteiger partial charge in [-0.3, -0.25) is 0 Å². The Labute approximate surface area is 110 Å². The summed E-state index contributed by atoms with van der Waals surface area (Å²) < 4.78 is 26.2. The summed E-state index contributed by atoms with van der Waals surface area (Å²) in [5.41, 5.74) is 1.17. The molecule has 1 aromatic carbocycles. The van der Waals surface area contributed by atoms with Crippen LogP contribution >= 0.6 is 0 Å². The van der Waals surface area contributed by atoms with Crippen molar-refractivity contribution in [3.63, 3.8) is 0 Å². The fourth-order valence-electron chi connectivity index (χ4n) is 1.62. The second kappa shape index (κ2) is 7.51. The molecule has 0 saturated carbocycles. The summed E-state index contributed by atoms with van der Waals surface area (Å²) >= 11 is 0. The SMILES string of the molecule is CCCNS(=O)(=O)c1ccc(CCCNC)cc1. The molecule has 0 atom stereocenters. The monoisotopic (exact) mass is 270 g/mol. The molecule has 1 rings (SSSR count). The van der Waals surface area contributed by atoms with Crippen LogP contribution in [0.2, 0.25) is 0 Å². The van der Waals surface area contributed by atoms with E-state index in [4.69, 9.17) is 0 Å². The van der Waals surface area contributed by atoms with Crippen LogP contribution in [-0.4, -0.2) is 28.6 Å². The standard InChI is InChI=1S/C13H22N2O2S/c1-3-10-15-18(16,17)13-8-6-12(7-9-13)5-4-11-14-2/h6-9,14-15H,3-5,10-11H2,1-2H3. The fourth-order valence-corrected chi connectivity index (χ4v) is 2.76. The maximum Gasteiger partial charge on any atom is 0.240 e. The molecule has 0 amide bonds. The van der Waals surface area contributed by atoms with Crippen molar-refractivity contribution in [2.45, 2.75) is 31.1 Å². The van der Waals surface area contributed by atoms with Crippen molar-refractivity contribution >= 4 is 10.0 Å². The van der Waals surface area contributed by atoms with Crippen LogP contribution in [0.1, 0.15) is 25.3 Å². The topological polar surface area (TPSA) is 58.2 Å². The molecule has 0 aliphatic carbocycles. The van der Waals surface area contributed by atoms with E-state index in [9.17, 15) is 8.42 Å². The molecule has 5 heteroatoms. The summed E-state index contributed by atoms with van der Waals surface area (Å²) in [5.74, 6) is 0.